The smallest absolute Gasteiger partial charge is 0.118 e. The van der Waals surface area contributed by atoms with Gasteiger partial charge in [-0.3, -0.25) is 0 Å². The van der Waals surface area contributed by atoms with Gasteiger partial charge in [0.1, 0.15) is 5.75 Å². The highest BCUT2D eigenvalue weighted by Gasteiger charge is 1.94. The van der Waals surface area contributed by atoms with Crippen molar-refractivity contribution in [2.75, 3.05) is 0 Å². The van der Waals surface area contributed by atoms with Crippen molar-refractivity contribution in [2.45, 2.75) is 13.8 Å². The molecule has 0 fully saturated rings. The molecule has 0 unspecified atom stereocenters. The lowest BCUT2D eigenvalue weighted by atomic mass is 10.1. The van der Waals surface area contributed by atoms with Gasteiger partial charge >= 0.3 is 0 Å². The van der Waals surface area contributed by atoms with Crippen LogP contribution in [0.1, 0.15) is 11.1 Å². The Morgan fingerprint density at radius 2 is 1.80 bits per heavy atom. The molecule has 0 aliphatic heterocycles. The SMILES string of the molecule is Br.Cc1cccc(O)c1C. The fraction of sp³-hybridized carbons (Fsp3) is 0.250. The molecule has 1 nitrogen and oxygen atoms in total. The van der Waals surface area contributed by atoms with E-state index < -0.39 is 0 Å². The van der Waals surface area contributed by atoms with Crippen molar-refractivity contribution in [3.63, 3.8) is 0 Å². The molecule has 0 atom stereocenters. The molecular formula is C8H11BrO. The van der Waals surface area contributed by atoms with Crippen molar-refractivity contribution in [3.05, 3.63) is 29.3 Å². The summed E-state index contributed by atoms with van der Waals surface area (Å²) in [7, 11) is 0. The minimum absolute atomic E-state index is 0. The average Bonchev–Trinajstić information content (AvgIpc) is 1.83. The Labute approximate surface area is 71.5 Å². The van der Waals surface area contributed by atoms with Crippen molar-refractivity contribution in [2.24, 2.45) is 0 Å². The lowest BCUT2D eigenvalue weighted by Gasteiger charge is -1.99. The van der Waals surface area contributed by atoms with E-state index in [-0.39, 0.29) is 17.0 Å². The maximum atomic E-state index is 9.10. The summed E-state index contributed by atoms with van der Waals surface area (Å²) in [5.41, 5.74) is 2.10. The third kappa shape index (κ3) is 1.74. The largest absolute Gasteiger partial charge is 0.508 e. The molecule has 10 heavy (non-hydrogen) atoms. The second-order valence-electron chi connectivity index (χ2n) is 2.22. The first-order chi connectivity index (χ1) is 4.22. The van der Waals surface area contributed by atoms with E-state index in [4.69, 9.17) is 5.11 Å². The number of aryl methyl sites for hydroxylation is 1. The predicted octanol–water partition coefficient (Wildman–Crippen LogP) is 2.59. The van der Waals surface area contributed by atoms with Crippen LogP contribution in [0, 0.1) is 13.8 Å². The number of phenols is 1. The summed E-state index contributed by atoms with van der Waals surface area (Å²) in [5.74, 6) is 0.384. The van der Waals surface area contributed by atoms with Crippen LogP contribution >= 0.6 is 17.0 Å². The summed E-state index contributed by atoms with van der Waals surface area (Å²) in [6.07, 6.45) is 0. The fourth-order valence-electron chi connectivity index (χ4n) is 0.736. The van der Waals surface area contributed by atoms with Crippen LogP contribution in [0.25, 0.3) is 0 Å². The summed E-state index contributed by atoms with van der Waals surface area (Å²) in [6.45, 7) is 3.89. The second-order valence-corrected chi connectivity index (χ2v) is 2.22. The summed E-state index contributed by atoms with van der Waals surface area (Å²) >= 11 is 0. The van der Waals surface area contributed by atoms with Crippen LogP contribution in [0.2, 0.25) is 0 Å². The van der Waals surface area contributed by atoms with Crippen LogP contribution in [-0.2, 0) is 0 Å². The Hall–Kier alpha value is -0.500. The molecule has 0 aromatic heterocycles. The van der Waals surface area contributed by atoms with E-state index in [2.05, 4.69) is 0 Å². The zero-order chi connectivity index (χ0) is 6.85. The molecule has 1 rings (SSSR count). The van der Waals surface area contributed by atoms with Gasteiger partial charge in [0, 0.05) is 0 Å². The van der Waals surface area contributed by atoms with Crippen LogP contribution in [-0.4, -0.2) is 5.11 Å². The molecule has 0 amide bonds. The van der Waals surface area contributed by atoms with E-state index >= 15 is 0 Å². The third-order valence-corrected chi connectivity index (χ3v) is 1.58. The lowest BCUT2D eigenvalue weighted by Crippen LogP contribution is -1.78. The Morgan fingerprint density at radius 3 is 2.20 bits per heavy atom. The highest BCUT2D eigenvalue weighted by atomic mass is 79.9. The average molecular weight is 203 g/mol. The fourth-order valence-corrected chi connectivity index (χ4v) is 0.736. The predicted molar refractivity (Wildman–Crippen MR) is 47.9 cm³/mol. The van der Waals surface area contributed by atoms with Crippen molar-refractivity contribution >= 4 is 17.0 Å². The third-order valence-electron chi connectivity index (χ3n) is 1.58. The number of halogens is 1. The molecule has 2 heteroatoms. The Bertz CT molecular complexity index is 200. The van der Waals surface area contributed by atoms with Crippen LogP contribution < -0.4 is 0 Å². The monoisotopic (exact) mass is 202 g/mol. The molecule has 0 heterocycles. The number of rotatable bonds is 0. The second kappa shape index (κ2) is 3.62. The zero-order valence-corrected chi connectivity index (χ0v) is 7.80. The lowest BCUT2D eigenvalue weighted by molar-refractivity contribution is 0.470. The van der Waals surface area contributed by atoms with Gasteiger partial charge < -0.3 is 5.11 Å². The van der Waals surface area contributed by atoms with Gasteiger partial charge in [0.15, 0.2) is 0 Å². The molecule has 0 spiro atoms. The molecule has 0 bridgehead atoms. The minimum Gasteiger partial charge on any atom is -0.508 e. The van der Waals surface area contributed by atoms with Gasteiger partial charge in [-0.25, -0.2) is 0 Å². The molecule has 0 aliphatic rings. The Kier molecular flexibility index (Phi) is 3.43. The van der Waals surface area contributed by atoms with Crippen molar-refractivity contribution in [3.8, 4) is 5.75 Å². The molecule has 0 saturated carbocycles. The first-order valence-corrected chi connectivity index (χ1v) is 2.97. The molecule has 0 saturated heterocycles. The molecular weight excluding hydrogens is 192 g/mol. The van der Waals surface area contributed by atoms with Gasteiger partial charge in [-0.15, -0.1) is 17.0 Å². The highest BCUT2D eigenvalue weighted by Crippen LogP contribution is 2.17. The molecule has 1 N–H and O–H groups in total. The van der Waals surface area contributed by atoms with E-state index in [1.165, 1.54) is 0 Å². The standard InChI is InChI=1S/C8H10O.BrH/c1-6-4-3-5-8(9)7(6)2;/h3-5,9H,1-2H3;1H. The summed E-state index contributed by atoms with van der Waals surface area (Å²) in [4.78, 5) is 0. The van der Waals surface area contributed by atoms with Crippen molar-refractivity contribution in [1.82, 2.24) is 0 Å². The van der Waals surface area contributed by atoms with Crippen molar-refractivity contribution < 1.29 is 5.11 Å². The Morgan fingerprint density at radius 1 is 1.20 bits per heavy atom. The molecule has 0 aliphatic carbocycles. The van der Waals surface area contributed by atoms with E-state index in [0.717, 1.165) is 11.1 Å². The first kappa shape index (κ1) is 9.50. The van der Waals surface area contributed by atoms with Crippen LogP contribution in [0.4, 0.5) is 0 Å². The van der Waals surface area contributed by atoms with E-state index in [1.807, 2.05) is 26.0 Å². The first-order valence-electron chi connectivity index (χ1n) is 2.97. The maximum Gasteiger partial charge on any atom is 0.118 e. The van der Waals surface area contributed by atoms with Crippen LogP contribution in [0.15, 0.2) is 18.2 Å². The number of aromatic hydroxyl groups is 1. The highest BCUT2D eigenvalue weighted by molar-refractivity contribution is 8.93. The molecule has 1 aromatic carbocycles. The summed E-state index contributed by atoms with van der Waals surface area (Å²) in [6, 6.07) is 5.52. The van der Waals surface area contributed by atoms with Gasteiger partial charge in [-0.2, -0.15) is 0 Å². The van der Waals surface area contributed by atoms with Gasteiger partial charge in [0.05, 0.1) is 0 Å². The number of hydrogen-bond donors (Lipinski definition) is 1. The number of phenolic OH excluding ortho intramolecular Hbond substituents is 1. The van der Waals surface area contributed by atoms with E-state index in [0.29, 0.717) is 5.75 Å². The van der Waals surface area contributed by atoms with Gasteiger partial charge in [0.2, 0.25) is 0 Å². The molecule has 1 aromatic rings. The van der Waals surface area contributed by atoms with E-state index in [1.54, 1.807) is 6.07 Å². The van der Waals surface area contributed by atoms with Gasteiger partial charge in [-0.05, 0) is 31.0 Å². The van der Waals surface area contributed by atoms with Gasteiger partial charge in [0.25, 0.3) is 0 Å². The zero-order valence-electron chi connectivity index (χ0n) is 6.09. The number of hydrogen-bond acceptors (Lipinski definition) is 1. The van der Waals surface area contributed by atoms with Crippen LogP contribution in [0.3, 0.4) is 0 Å². The molecule has 56 valence electrons. The normalized spacial score (nSPS) is 8.60. The minimum atomic E-state index is 0. The topological polar surface area (TPSA) is 20.2 Å². The quantitative estimate of drug-likeness (QED) is 0.687. The van der Waals surface area contributed by atoms with E-state index in [9.17, 15) is 0 Å². The summed E-state index contributed by atoms with van der Waals surface area (Å²) < 4.78 is 0. The van der Waals surface area contributed by atoms with Crippen molar-refractivity contribution in [1.29, 1.82) is 0 Å². The number of benzene rings is 1. The summed E-state index contributed by atoms with van der Waals surface area (Å²) in [5, 5.41) is 9.10. The Balaban J connectivity index is 0.000000810. The van der Waals surface area contributed by atoms with Crippen LogP contribution in [0.5, 0.6) is 5.75 Å². The maximum absolute atomic E-state index is 9.10. The van der Waals surface area contributed by atoms with Gasteiger partial charge in [-0.1, -0.05) is 12.1 Å². The molecule has 0 radical (unpaired) electrons.